The highest BCUT2D eigenvalue weighted by molar-refractivity contribution is 5.93. The zero-order valence-corrected chi connectivity index (χ0v) is 9.99. The minimum absolute atomic E-state index is 0.0878. The van der Waals surface area contributed by atoms with Crippen molar-refractivity contribution in [3.05, 3.63) is 11.8 Å². The molecule has 1 atom stereocenters. The Morgan fingerprint density at radius 3 is 3.06 bits per heavy atom. The fraction of sp³-hybridized carbons (Fsp3) is 0.545. The number of anilines is 1. The van der Waals surface area contributed by atoms with Crippen LogP contribution in [0.15, 0.2) is 6.07 Å². The first-order valence-corrected chi connectivity index (χ1v) is 5.63. The van der Waals surface area contributed by atoms with Crippen molar-refractivity contribution in [2.45, 2.75) is 25.8 Å². The van der Waals surface area contributed by atoms with Crippen LogP contribution in [0.1, 0.15) is 18.5 Å². The molecule has 0 radical (unpaired) electrons. The van der Waals surface area contributed by atoms with Gasteiger partial charge in [-0.3, -0.25) is 10.1 Å². The van der Waals surface area contributed by atoms with Crippen LogP contribution in [0.2, 0.25) is 0 Å². The quantitative estimate of drug-likeness (QED) is 0.798. The molecule has 6 nitrogen and oxygen atoms in total. The van der Waals surface area contributed by atoms with Crippen LogP contribution in [0.5, 0.6) is 5.88 Å². The van der Waals surface area contributed by atoms with Gasteiger partial charge in [0.15, 0.2) is 0 Å². The number of ether oxygens (including phenoxy) is 1. The van der Waals surface area contributed by atoms with Gasteiger partial charge in [-0.05, 0) is 26.3 Å². The van der Waals surface area contributed by atoms with Crippen LogP contribution in [-0.2, 0) is 4.79 Å². The van der Waals surface area contributed by atoms with E-state index in [4.69, 9.17) is 4.74 Å². The Bertz CT molecular complexity index is 416. The zero-order valence-electron chi connectivity index (χ0n) is 9.99. The molecule has 1 amide bonds. The molecule has 0 bridgehead atoms. The van der Waals surface area contributed by atoms with Crippen LogP contribution in [-0.4, -0.2) is 35.6 Å². The van der Waals surface area contributed by atoms with Crippen LogP contribution in [0.3, 0.4) is 0 Å². The maximum Gasteiger partial charge on any atom is 0.243 e. The lowest BCUT2D eigenvalue weighted by molar-refractivity contribution is -0.117. The van der Waals surface area contributed by atoms with Gasteiger partial charge >= 0.3 is 0 Å². The summed E-state index contributed by atoms with van der Waals surface area (Å²) in [5, 5.41) is 5.82. The molecule has 1 fully saturated rings. The van der Waals surface area contributed by atoms with Crippen LogP contribution >= 0.6 is 0 Å². The third-order valence-corrected chi connectivity index (χ3v) is 2.65. The Kier molecular flexibility index (Phi) is 3.53. The monoisotopic (exact) mass is 236 g/mol. The Morgan fingerprint density at radius 1 is 1.59 bits per heavy atom. The summed E-state index contributed by atoms with van der Waals surface area (Å²) in [6.07, 6.45) is 1.88. The van der Waals surface area contributed by atoms with Gasteiger partial charge in [0.1, 0.15) is 0 Å². The molecule has 92 valence electrons. The topological polar surface area (TPSA) is 76.1 Å². The largest absolute Gasteiger partial charge is 0.481 e. The van der Waals surface area contributed by atoms with E-state index in [1.165, 1.54) is 7.11 Å². The first kappa shape index (κ1) is 11.8. The maximum absolute atomic E-state index is 11.8. The Labute approximate surface area is 99.8 Å². The molecule has 17 heavy (non-hydrogen) atoms. The third kappa shape index (κ3) is 2.91. The number of carbonyl (C=O) groups excluding carboxylic acids is 1. The van der Waals surface area contributed by atoms with Crippen molar-refractivity contribution < 1.29 is 9.53 Å². The normalized spacial score (nSPS) is 19.1. The van der Waals surface area contributed by atoms with E-state index in [1.807, 2.05) is 6.92 Å². The molecule has 0 aromatic carbocycles. The average Bonchev–Trinajstić information content (AvgIpc) is 2.81. The molecule has 1 aromatic heterocycles. The second kappa shape index (κ2) is 5.09. The molecule has 0 unspecified atom stereocenters. The molecule has 2 heterocycles. The van der Waals surface area contributed by atoms with E-state index in [2.05, 4.69) is 20.6 Å². The highest BCUT2D eigenvalue weighted by Gasteiger charge is 2.22. The zero-order chi connectivity index (χ0) is 12.3. The van der Waals surface area contributed by atoms with Gasteiger partial charge in [-0.25, -0.2) is 4.98 Å². The molecule has 0 saturated carbocycles. The summed E-state index contributed by atoms with van der Waals surface area (Å²) < 4.78 is 5.02. The second-order valence-corrected chi connectivity index (χ2v) is 4.01. The number of aryl methyl sites for hydroxylation is 1. The molecule has 1 aliphatic rings. The lowest BCUT2D eigenvalue weighted by Gasteiger charge is -2.10. The van der Waals surface area contributed by atoms with Crippen molar-refractivity contribution in [1.82, 2.24) is 15.3 Å². The number of carbonyl (C=O) groups is 1. The summed E-state index contributed by atoms with van der Waals surface area (Å²) in [6.45, 7) is 2.71. The van der Waals surface area contributed by atoms with E-state index in [9.17, 15) is 4.79 Å². The van der Waals surface area contributed by atoms with Gasteiger partial charge in [-0.1, -0.05) is 0 Å². The minimum atomic E-state index is -0.134. The number of nitrogens with one attached hydrogen (secondary N) is 2. The predicted octanol–water partition coefficient (Wildman–Crippen LogP) is 0.484. The number of hydrogen-bond donors (Lipinski definition) is 2. The lowest BCUT2D eigenvalue weighted by atomic mass is 10.2. The first-order valence-electron chi connectivity index (χ1n) is 5.63. The Balaban J connectivity index is 2.06. The van der Waals surface area contributed by atoms with Crippen LogP contribution in [0, 0.1) is 6.92 Å². The van der Waals surface area contributed by atoms with E-state index in [1.54, 1.807) is 6.07 Å². The molecular weight excluding hydrogens is 220 g/mol. The van der Waals surface area contributed by atoms with Crippen LogP contribution in [0.25, 0.3) is 0 Å². The molecule has 2 N–H and O–H groups in total. The second-order valence-electron chi connectivity index (χ2n) is 4.01. The number of aromatic nitrogens is 2. The molecule has 6 heteroatoms. The number of amides is 1. The summed E-state index contributed by atoms with van der Waals surface area (Å²) in [5.41, 5.74) is 0.756. The number of methoxy groups -OCH3 is 1. The van der Waals surface area contributed by atoms with Gasteiger partial charge in [0.05, 0.1) is 13.2 Å². The summed E-state index contributed by atoms with van der Waals surface area (Å²) in [7, 11) is 1.53. The number of rotatable bonds is 3. The SMILES string of the molecule is COc1cc(C)nc(NC(=O)[C@@H]2CCCN2)n1. The highest BCUT2D eigenvalue weighted by atomic mass is 16.5. The highest BCUT2D eigenvalue weighted by Crippen LogP contribution is 2.12. The van der Waals surface area contributed by atoms with Gasteiger partial charge in [0, 0.05) is 11.8 Å². The van der Waals surface area contributed by atoms with E-state index >= 15 is 0 Å². The first-order chi connectivity index (χ1) is 8.19. The van der Waals surface area contributed by atoms with Gasteiger partial charge < -0.3 is 10.1 Å². The van der Waals surface area contributed by atoms with E-state index in [0.717, 1.165) is 25.1 Å². The van der Waals surface area contributed by atoms with Crippen molar-refractivity contribution in [2.75, 3.05) is 19.0 Å². The van der Waals surface area contributed by atoms with Gasteiger partial charge in [-0.2, -0.15) is 4.98 Å². The fourth-order valence-electron chi connectivity index (χ4n) is 1.81. The minimum Gasteiger partial charge on any atom is -0.481 e. The molecule has 1 saturated heterocycles. The fourth-order valence-corrected chi connectivity index (χ4v) is 1.81. The third-order valence-electron chi connectivity index (χ3n) is 2.65. The number of hydrogen-bond acceptors (Lipinski definition) is 5. The summed E-state index contributed by atoms with van der Waals surface area (Å²) in [4.78, 5) is 20.0. The predicted molar refractivity (Wildman–Crippen MR) is 63.0 cm³/mol. The van der Waals surface area contributed by atoms with Crippen molar-refractivity contribution in [3.8, 4) is 5.88 Å². The van der Waals surface area contributed by atoms with Crippen molar-refractivity contribution in [2.24, 2.45) is 0 Å². The van der Waals surface area contributed by atoms with E-state index in [-0.39, 0.29) is 11.9 Å². The summed E-state index contributed by atoms with van der Waals surface area (Å²) >= 11 is 0. The van der Waals surface area contributed by atoms with Crippen LogP contribution in [0.4, 0.5) is 5.95 Å². The number of nitrogens with zero attached hydrogens (tertiary/aromatic N) is 2. The van der Waals surface area contributed by atoms with E-state index in [0.29, 0.717) is 11.8 Å². The summed E-state index contributed by atoms with van der Waals surface area (Å²) in [5.74, 6) is 0.655. The van der Waals surface area contributed by atoms with Gasteiger partial charge in [-0.15, -0.1) is 0 Å². The lowest BCUT2D eigenvalue weighted by Crippen LogP contribution is -2.36. The molecular formula is C11H16N4O2. The molecule has 1 aliphatic heterocycles. The Morgan fingerprint density at radius 2 is 2.41 bits per heavy atom. The average molecular weight is 236 g/mol. The van der Waals surface area contributed by atoms with E-state index < -0.39 is 0 Å². The molecule has 0 aliphatic carbocycles. The van der Waals surface area contributed by atoms with Crippen molar-refractivity contribution >= 4 is 11.9 Å². The maximum atomic E-state index is 11.8. The molecule has 2 rings (SSSR count). The smallest absolute Gasteiger partial charge is 0.243 e. The van der Waals surface area contributed by atoms with Crippen molar-refractivity contribution in [3.63, 3.8) is 0 Å². The molecule has 0 spiro atoms. The standard InChI is InChI=1S/C11H16N4O2/c1-7-6-9(17-2)14-11(13-7)15-10(16)8-4-3-5-12-8/h6,8,12H,3-5H2,1-2H3,(H,13,14,15,16)/t8-/m0/s1. The van der Waals surface area contributed by atoms with Gasteiger partial charge in [0.25, 0.3) is 0 Å². The Hall–Kier alpha value is -1.69. The summed E-state index contributed by atoms with van der Waals surface area (Å²) in [6, 6.07) is 1.58. The van der Waals surface area contributed by atoms with Gasteiger partial charge in [0.2, 0.25) is 17.7 Å². The van der Waals surface area contributed by atoms with Crippen molar-refractivity contribution in [1.29, 1.82) is 0 Å². The van der Waals surface area contributed by atoms with Crippen LogP contribution < -0.4 is 15.4 Å². The molecule has 1 aromatic rings.